The highest BCUT2D eigenvalue weighted by atomic mass is 35.5. The third-order valence-electron chi connectivity index (χ3n) is 2.98. The van der Waals surface area contributed by atoms with Crippen molar-refractivity contribution in [1.82, 2.24) is 20.2 Å². The molecule has 3 aromatic rings. The summed E-state index contributed by atoms with van der Waals surface area (Å²) >= 11 is 11.9. The predicted molar refractivity (Wildman–Crippen MR) is 81.6 cm³/mol. The average Bonchev–Trinajstić information content (AvgIpc) is 2.92. The molecule has 8 heteroatoms. The van der Waals surface area contributed by atoms with E-state index >= 15 is 0 Å². The maximum Gasteiger partial charge on any atom is 0.160 e. The van der Waals surface area contributed by atoms with Gasteiger partial charge < -0.3 is 10.4 Å². The smallest absolute Gasteiger partial charge is 0.160 e. The Kier molecular flexibility index (Phi) is 3.92. The molecule has 0 aliphatic rings. The van der Waals surface area contributed by atoms with Gasteiger partial charge in [-0.2, -0.15) is 5.10 Å². The van der Waals surface area contributed by atoms with E-state index in [0.29, 0.717) is 27.1 Å². The van der Waals surface area contributed by atoms with E-state index in [1.54, 1.807) is 24.4 Å². The van der Waals surface area contributed by atoms with Crippen LogP contribution in [-0.2, 0) is 0 Å². The molecular formula is C13H11Cl2N5O. The van der Waals surface area contributed by atoms with Crippen LogP contribution in [0.5, 0.6) is 0 Å². The quantitative estimate of drug-likeness (QED) is 0.687. The summed E-state index contributed by atoms with van der Waals surface area (Å²) in [4.78, 5) is 8.18. The average molecular weight is 324 g/mol. The van der Waals surface area contributed by atoms with Crippen molar-refractivity contribution in [3.8, 4) is 0 Å². The van der Waals surface area contributed by atoms with Gasteiger partial charge in [0, 0.05) is 16.6 Å². The van der Waals surface area contributed by atoms with Crippen LogP contribution in [0.1, 0.15) is 11.7 Å². The van der Waals surface area contributed by atoms with E-state index in [9.17, 15) is 5.11 Å². The number of aromatic nitrogens is 4. The number of aliphatic hydroxyl groups is 1. The summed E-state index contributed by atoms with van der Waals surface area (Å²) in [6.07, 6.45) is 2.28. The molecule has 1 unspecified atom stereocenters. The van der Waals surface area contributed by atoms with Gasteiger partial charge in [-0.15, -0.1) is 0 Å². The number of benzene rings is 1. The Morgan fingerprint density at radius 3 is 2.71 bits per heavy atom. The lowest BCUT2D eigenvalue weighted by Crippen LogP contribution is -2.13. The SMILES string of the molecule is OC(CNc1ncnc2[nH]ncc12)c1cc(Cl)cc(Cl)c1. The van der Waals surface area contributed by atoms with Gasteiger partial charge in [0.25, 0.3) is 0 Å². The molecule has 21 heavy (non-hydrogen) atoms. The lowest BCUT2D eigenvalue weighted by molar-refractivity contribution is 0.191. The van der Waals surface area contributed by atoms with E-state index in [1.165, 1.54) is 6.33 Å². The van der Waals surface area contributed by atoms with Crippen LogP contribution >= 0.6 is 23.2 Å². The third-order valence-corrected chi connectivity index (χ3v) is 3.42. The summed E-state index contributed by atoms with van der Waals surface area (Å²) < 4.78 is 0. The summed E-state index contributed by atoms with van der Waals surface area (Å²) in [5.74, 6) is 0.598. The number of H-pyrrole nitrogens is 1. The fraction of sp³-hybridized carbons (Fsp3) is 0.154. The Bertz CT molecular complexity index is 756. The van der Waals surface area contributed by atoms with E-state index < -0.39 is 6.10 Å². The summed E-state index contributed by atoms with van der Waals surface area (Å²) in [5.41, 5.74) is 1.27. The van der Waals surface area contributed by atoms with Crippen molar-refractivity contribution in [3.63, 3.8) is 0 Å². The van der Waals surface area contributed by atoms with Gasteiger partial charge in [-0.1, -0.05) is 23.2 Å². The summed E-state index contributed by atoms with van der Waals surface area (Å²) in [6, 6.07) is 4.96. The third kappa shape index (κ3) is 3.07. The van der Waals surface area contributed by atoms with Crippen molar-refractivity contribution >= 4 is 40.1 Å². The van der Waals surface area contributed by atoms with E-state index in [4.69, 9.17) is 23.2 Å². The Morgan fingerprint density at radius 1 is 1.19 bits per heavy atom. The normalized spacial score (nSPS) is 12.5. The number of anilines is 1. The number of hydrogen-bond acceptors (Lipinski definition) is 5. The largest absolute Gasteiger partial charge is 0.387 e. The zero-order valence-electron chi connectivity index (χ0n) is 10.7. The molecule has 0 saturated carbocycles. The first kappa shape index (κ1) is 14.1. The second-order valence-electron chi connectivity index (χ2n) is 4.45. The summed E-state index contributed by atoms with van der Waals surface area (Å²) in [5, 5.41) is 21.7. The predicted octanol–water partition coefficient (Wildman–Crippen LogP) is 2.81. The first-order valence-electron chi connectivity index (χ1n) is 6.15. The fourth-order valence-electron chi connectivity index (χ4n) is 1.98. The van der Waals surface area contributed by atoms with Crippen molar-refractivity contribution in [2.45, 2.75) is 6.10 Å². The maximum absolute atomic E-state index is 10.2. The number of aromatic amines is 1. The van der Waals surface area contributed by atoms with E-state index in [1.807, 2.05) is 0 Å². The number of nitrogens with one attached hydrogen (secondary N) is 2. The van der Waals surface area contributed by atoms with Gasteiger partial charge in [0.1, 0.15) is 12.1 Å². The molecular weight excluding hydrogens is 313 g/mol. The molecule has 2 aromatic heterocycles. The van der Waals surface area contributed by atoms with Crippen molar-refractivity contribution in [1.29, 1.82) is 0 Å². The van der Waals surface area contributed by atoms with Gasteiger partial charge in [0.15, 0.2) is 5.65 Å². The zero-order valence-corrected chi connectivity index (χ0v) is 12.2. The lowest BCUT2D eigenvalue weighted by atomic mass is 10.1. The molecule has 0 radical (unpaired) electrons. The molecule has 0 fully saturated rings. The van der Waals surface area contributed by atoms with Crippen LogP contribution in [0.3, 0.4) is 0 Å². The monoisotopic (exact) mass is 323 g/mol. The molecule has 0 aliphatic heterocycles. The number of hydrogen-bond donors (Lipinski definition) is 3. The van der Waals surface area contributed by atoms with Crippen molar-refractivity contribution < 1.29 is 5.11 Å². The van der Waals surface area contributed by atoms with Gasteiger partial charge in [-0.05, 0) is 23.8 Å². The van der Waals surface area contributed by atoms with Gasteiger partial charge in [0.2, 0.25) is 0 Å². The van der Waals surface area contributed by atoms with Gasteiger partial charge >= 0.3 is 0 Å². The molecule has 1 aromatic carbocycles. The highest BCUT2D eigenvalue weighted by Crippen LogP contribution is 2.24. The molecule has 3 N–H and O–H groups in total. The number of rotatable bonds is 4. The highest BCUT2D eigenvalue weighted by Gasteiger charge is 2.11. The van der Waals surface area contributed by atoms with Crippen molar-refractivity contribution in [2.75, 3.05) is 11.9 Å². The summed E-state index contributed by atoms with van der Waals surface area (Å²) in [6.45, 7) is 0.258. The molecule has 0 aliphatic carbocycles. The number of aliphatic hydroxyl groups excluding tert-OH is 1. The maximum atomic E-state index is 10.2. The van der Waals surface area contributed by atoms with Crippen LogP contribution in [0.2, 0.25) is 10.0 Å². The molecule has 0 spiro atoms. The van der Waals surface area contributed by atoms with Crippen LogP contribution < -0.4 is 5.32 Å². The van der Waals surface area contributed by atoms with Gasteiger partial charge in [-0.25, -0.2) is 9.97 Å². The number of nitrogens with zero attached hydrogens (tertiary/aromatic N) is 3. The topological polar surface area (TPSA) is 86.7 Å². The Morgan fingerprint density at radius 2 is 1.95 bits per heavy atom. The minimum atomic E-state index is -0.766. The zero-order chi connectivity index (χ0) is 14.8. The highest BCUT2D eigenvalue weighted by molar-refractivity contribution is 6.34. The number of halogens is 2. The van der Waals surface area contributed by atoms with E-state index in [2.05, 4.69) is 25.5 Å². The second-order valence-corrected chi connectivity index (χ2v) is 5.33. The molecule has 1 atom stereocenters. The number of fused-ring (bicyclic) bond motifs is 1. The Balaban J connectivity index is 1.76. The van der Waals surface area contributed by atoms with E-state index in [0.717, 1.165) is 5.39 Å². The van der Waals surface area contributed by atoms with Gasteiger partial charge in [-0.3, -0.25) is 5.10 Å². The molecule has 0 saturated heterocycles. The summed E-state index contributed by atoms with van der Waals surface area (Å²) in [7, 11) is 0. The van der Waals surface area contributed by atoms with Crippen LogP contribution in [0.15, 0.2) is 30.7 Å². The molecule has 3 rings (SSSR count). The molecule has 108 valence electrons. The van der Waals surface area contributed by atoms with Crippen molar-refractivity contribution in [3.05, 3.63) is 46.3 Å². The Hall–Kier alpha value is -1.89. The van der Waals surface area contributed by atoms with Crippen molar-refractivity contribution in [2.24, 2.45) is 0 Å². The van der Waals surface area contributed by atoms with E-state index in [-0.39, 0.29) is 6.54 Å². The Labute approximate surface area is 130 Å². The fourth-order valence-corrected chi connectivity index (χ4v) is 2.53. The van der Waals surface area contributed by atoms with Crippen LogP contribution in [0.25, 0.3) is 11.0 Å². The molecule has 0 bridgehead atoms. The minimum Gasteiger partial charge on any atom is -0.387 e. The first-order chi connectivity index (χ1) is 10.1. The second kappa shape index (κ2) is 5.85. The first-order valence-corrected chi connectivity index (χ1v) is 6.91. The van der Waals surface area contributed by atoms with Crippen LogP contribution in [-0.4, -0.2) is 31.8 Å². The minimum absolute atomic E-state index is 0.258. The van der Waals surface area contributed by atoms with Crippen LogP contribution in [0, 0.1) is 0 Å². The van der Waals surface area contributed by atoms with Gasteiger partial charge in [0.05, 0.1) is 17.7 Å². The lowest BCUT2D eigenvalue weighted by Gasteiger charge is -2.13. The molecule has 2 heterocycles. The standard InChI is InChI=1S/C13H11Cl2N5O/c14-8-1-7(2-9(15)3-8)11(21)5-16-12-10-4-19-20-13(10)18-6-17-12/h1-4,6,11,21H,5H2,(H2,16,17,18,19,20). The molecule has 6 nitrogen and oxygen atoms in total. The molecule has 0 amide bonds. The van der Waals surface area contributed by atoms with Crippen LogP contribution in [0.4, 0.5) is 5.82 Å².